The number of carbonyl (C=O) groups is 1. The molecule has 3 rings (SSSR count). The third kappa shape index (κ3) is 6.18. The van der Waals surface area contributed by atoms with E-state index in [0.29, 0.717) is 17.9 Å². The summed E-state index contributed by atoms with van der Waals surface area (Å²) in [6.07, 6.45) is 1.61. The summed E-state index contributed by atoms with van der Waals surface area (Å²) < 4.78 is 7.92. The molecule has 0 aliphatic carbocycles. The number of hydrazone groups is 1. The third-order valence-electron chi connectivity index (χ3n) is 3.68. The summed E-state index contributed by atoms with van der Waals surface area (Å²) >= 11 is 5.65. The molecule has 0 aliphatic heterocycles. The van der Waals surface area contributed by atoms with Gasteiger partial charge in [0.05, 0.1) is 6.21 Å². The molecule has 3 aromatic rings. The molecule has 0 saturated heterocycles. The van der Waals surface area contributed by atoms with Crippen molar-refractivity contribution in [1.29, 1.82) is 0 Å². The van der Waals surface area contributed by atoms with Gasteiger partial charge in [-0.15, -0.1) is 0 Å². The zero-order chi connectivity index (χ0) is 19.1. The van der Waals surface area contributed by atoms with Gasteiger partial charge in [0.15, 0.2) is 0 Å². The average Bonchev–Trinajstić information content (AvgIpc) is 2.69. The molecule has 0 radical (unpaired) electrons. The van der Waals surface area contributed by atoms with Crippen molar-refractivity contribution in [2.24, 2.45) is 5.10 Å². The number of rotatable bonds is 6. The molecule has 1 N–H and O–H groups in total. The lowest BCUT2D eigenvalue weighted by molar-refractivity contribution is 0.0955. The van der Waals surface area contributed by atoms with Crippen LogP contribution in [0.25, 0.3) is 0 Å². The van der Waals surface area contributed by atoms with Crippen LogP contribution in [0.3, 0.4) is 0 Å². The Balaban J connectivity index is 1.52. The van der Waals surface area contributed by atoms with E-state index in [1.54, 1.807) is 30.5 Å². The fourth-order valence-corrected chi connectivity index (χ4v) is 2.85. The maximum atomic E-state index is 12.1. The zero-order valence-corrected chi connectivity index (χ0v) is 18.0. The Morgan fingerprint density at radius 3 is 2.33 bits per heavy atom. The molecule has 4 nitrogen and oxygen atoms in total. The Hall–Kier alpha value is -2.19. The second-order valence-corrected chi connectivity index (χ2v) is 7.85. The van der Waals surface area contributed by atoms with E-state index in [-0.39, 0.29) is 5.91 Å². The second-order valence-electron chi connectivity index (χ2n) is 5.69. The van der Waals surface area contributed by atoms with Crippen molar-refractivity contribution in [3.05, 3.63) is 97.5 Å². The van der Waals surface area contributed by atoms with Gasteiger partial charge in [-0.2, -0.15) is 5.10 Å². The van der Waals surface area contributed by atoms with Gasteiger partial charge in [-0.1, -0.05) is 40.2 Å². The molecule has 27 heavy (non-hydrogen) atoms. The number of hydrogen-bond donors (Lipinski definition) is 1. The normalized spacial score (nSPS) is 10.7. The quantitative estimate of drug-likeness (QED) is 0.261. The van der Waals surface area contributed by atoms with Gasteiger partial charge in [-0.05, 0) is 82.2 Å². The Morgan fingerprint density at radius 1 is 1.00 bits per heavy atom. The van der Waals surface area contributed by atoms with Crippen molar-refractivity contribution in [2.75, 3.05) is 0 Å². The first-order valence-electron chi connectivity index (χ1n) is 8.16. The van der Waals surface area contributed by atoms with E-state index in [9.17, 15) is 4.79 Å². The highest BCUT2D eigenvalue weighted by atomic mass is 127. The van der Waals surface area contributed by atoms with Crippen LogP contribution in [0.5, 0.6) is 5.75 Å². The van der Waals surface area contributed by atoms with Crippen LogP contribution < -0.4 is 10.2 Å². The highest BCUT2D eigenvalue weighted by Gasteiger charge is 2.04. The number of nitrogens with zero attached hydrogens (tertiary/aromatic N) is 1. The molecule has 0 saturated carbocycles. The standard InChI is InChI=1S/C21H16BrIN2O2/c22-18-7-1-16(2-8-18)14-27-20-11-5-17(6-12-20)21(26)25-24-13-15-3-9-19(23)10-4-15/h1-13H,14H2,(H,25,26). The van der Waals surface area contributed by atoms with Gasteiger partial charge in [-0.3, -0.25) is 4.79 Å². The second kappa shape index (κ2) is 9.66. The molecule has 0 spiro atoms. The molecule has 0 aliphatic rings. The van der Waals surface area contributed by atoms with Crippen LogP contribution in [0.2, 0.25) is 0 Å². The van der Waals surface area contributed by atoms with Crippen molar-refractivity contribution in [1.82, 2.24) is 5.43 Å². The largest absolute Gasteiger partial charge is 0.489 e. The Morgan fingerprint density at radius 2 is 1.67 bits per heavy atom. The van der Waals surface area contributed by atoms with Gasteiger partial charge < -0.3 is 4.74 Å². The van der Waals surface area contributed by atoms with Crippen molar-refractivity contribution >= 4 is 50.6 Å². The maximum Gasteiger partial charge on any atom is 0.271 e. The molecule has 0 atom stereocenters. The summed E-state index contributed by atoms with van der Waals surface area (Å²) in [5.41, 5.74) is 5.04. The summed E-state index contributed by atoms with van der Waals surface area (Å²) in [6.45, 7) is 0.471. The summed E-state index contributed by atoms with van der Waals surface area (Å²) in [5, 5.41) is 3.99. The Labute approximate surface area is 179 Å². The number of halogens is 2. The summed E-state index contributed by atoms with van der Waals surface area (Å²) in [7, 11) is 0. The van der Waals surface area contributed by atoms with E-state index in [1.807, 2.05) is 48.5 Å². The van der Waals surface area contributed by atoms with Crippen LogP contribution in [-0.4, -0.2) is 12.1 Å². The van der Waals surface area contributed by atoms with Crippen molar-refractivity contribution in [3.8, 4) is 5.75 Å². The van der Waals surface area contributed by atoms with Gasteiger partial charge in [0.1, 0.15) is 12.4 Å². The average molecular weight is 535 g/mol. The van der Waals surface area contributed by atoms with Crippen LogP contribution in [-0.2, 0) is 6.61 Å². The molecule has 1 amide bonds. The number of amides is 1. The van der Waals surface area contributed by atoms with Gasteiger partial charge in [-0.25, -0.2) is 5.43 Å². The Bertz CT molecular complexity index is 924. The predicted molar refractivity (Wildman–Crippen MR) is 119 cm³/mol. The van der Waals surface area contributed by atoms with Crippen molar-refractivity contribution < 1.29 is 9.53 Å². The van der Waals surface area contributed by atoms with Crippen LogP contribution in [0.1, 0.15) is 21.5 Å². The van der Waals surface area contributed by atoms with Crippen LogP contribution in [0.4, 0.5) is 0 Å². The van der Waals surface area contributed by atoms with E-state index >= 15 is 0 Å². The summed E-state index contributed by atoms with van der Waals surface area (Å²) in [5.74, 6) is 0.438. The summed E-state index contributed by atoms with van der Waals surface area (Å²) in [6, 6.07) is 22.8. The minimum Gasteiger partial charge on any atom is -0.489 e. The first kappa shape index (κ1) is 19.6. The van der Waals surface area contributed by atoms with Crippen LogP contribution in [0, 0.1) is 3.57 Å². The van der Waals surface area contributed by atoms with Crippen LogP contribution in [0.15, 0.2) is 82.4 Å². The van der Waals surface area contributed by atoms with E-state index in [4.69, 9.17) is 4.74 Å². The fraction of sp³-hybridized carbons (Fsp3) is 0.0476. The minimum atomic E-state index is -0.267. The zero-order valence-electron chi connectivity index (χ0n) is 14.2. The van der Waals surface area contributed by atoms with E-state index < -0.39 is 0 Å². The van der Waals surface area contributed by atoms with Gasteiger partial charge in [0, 0.05) is 13.6 Å². The van der Waals surface area contributed by atoms with Crippen LogP contribution >= 0.6 is 38.5 Å². The predicted octanol–water partition coefficient (Wildman–Crippen LogP) is 5.40. The lowest BCUT2D eigenvalue weighted by atomic mass is 10.2. The Kier molecular flexibility index (Phi) is 7.00. The molecule has 136 valence electrons. The molecule has 0 heterocycles. The molecule has 0 unspecified atom stereocenters. The molecule has 6 heteroatoms. The topological polar surface area (TPSA) is 50.7 Å². The number of nitrogens with one attached hydrogen (secondary N) is 1. The number of carbonyl (C=O) groups excluding carboxylic acids is 1. The fourth-order valence-electron chi connectivity index (χ4n) is 2.23. The number of benzene rings is 3. The first-order valence-corrected chi connectivity index (χ1v) is 10.0. The molecular formula is C21H16BrIN2O2. The molecule has 0 aromatic heterocycles. The van der Waals surface area contributed by atoms with E-state index in [1.165, 1.54) is 0 Å². The van der Waals surface area contributed by atoms with E-state index in [0.717, 1.165) is 19.2 Å². The monoisotopic (exact) mass is 534 g/mol. The van der Waals surface area contributed by atoms with E-state index in [2.05, 4.69) is 49.0 Å². The SMILES string of the molecule is O=C(NN=Cc1ccc(I)cc1)c1ccc(OCc2ccc(Br)cc2)cc1. The number of ether oxygens (including phenoxy) is 1. The molecular weight excluding hydrogens is 519 g/mol. The van der Waals surface area contributed by atoms with Gasteiger partial charge in [0.25, 0.3) is 5.91 Å². The lowest BCUT2D eigenvalue weighted by Crippen LogP contribution is -2.17. The van der Waals surface area contributed by atoms with Crippen molar-refractivity contribution in [2.45, 2.75) is 6.61 Å². The molecule has 3 aromatic carbocycles. The molecule has 0 bridgehead atoms. The molecule has 0 fully saturated rings. The first-order chi connectivity index (χ1) is 13.1. The van der Waals surface area contributed by atoms with Gasteiger partial charge >= 0.3 is 0 Å². The number of hydrogen-bond acceptors (Lipinski definition) is 3. The van der Waals surface area contributed by atoms with Crippen molar-refractivity contribution in [3.63, 3.8) is 0 Å². The maximum absolute atomic E-state index is 12.1. The smallest absolute Gasteiger partial charge is 0.271 e. The highest BCUT2D eigenvalue weighted by molar-refractivity contribution is 14.1. The lowest BCUT2D eigenvalue weighted by Gasteiger charge is -2.07. The minimum absolute atomic E-state index is 0.267. The third-order valence-corrected chi connectivity index (χ3v) is 4.93. The van der Waals surface area contributed by atoms with Gasteiger partial charge in [0.2, 0.25) is 0 Å². The highest BCUT2D eigenvalue weighted by Crippen LogP contribution is 2.16. The summed E-state index contributed by atoms with van der Waals surface area (Å²) in [4.78, 5) is 12.1.